The molecule has 1 unspecified atom stereocenters. The van der Waals surface area contributed by atoms with E-state index in [4.69, 9.17) is 0 Å². The van der Waals surface area contributed by atoms with Gasteiger partial charge in [-0.3, -0.25) is 0 Å². The molecule has 1 aliphatic heterocycles. The van der Waals surface area contributed by atoms with Crippen molar-refractivity contribution in [3.8, 4) is 0 Å². The summed E-state index contributed by atoms with van der Waals surface area (Å²) in [5.74, 6) is 0.983. The smallest absolute Gasteiger partial charge is 0.319 e. The monoisotopic (exact) mass is 392 g/mol. The second kappa shape index (κ2) is 9.59. The molecule has 2 heterocycles. The molecule has 4 rings (SSSR count). The van der Waals surface area contributed by atoms with E-state index >= 15 is 0 Å². The molecule has 154 valence electrons. The zero-order valence-corrected chi connectivity index (χ0v) is 18.0. The molecule has 2 N–H and O–H groups in total. The molecule has 2 aromatic rings. The van der Waals surface area contributed by atoms with Crippen molar-refractivity contribution >= 4 is 23.1 Å². The lowest BCUT2D eigenvalue weighted by Gasteiger charge is -2.18. The fourth-order valence-corrected chi connectivity index (χ4v) is 4.07. The van der Waals surface area contributed by atoms with E-state index in [9.17, 15) is 4.79 Å². The second-order valence-electron chi connectivity index (χ2n) is 7.40. The standard InChI is InChI=1S/C22H26N4O.C2H6/c1-15-19-8-4-3-7-17(19)13-20(15)16(2)24-22(27)25-18-9-10-21(23-14-18)26-11-5-6-12-26;1-2/h3-4,7-10,14,16H,5-6,11-13H2,1-2H3,(H2,24,25,27);1-2H3. The SMILES string of the molecule is CC.CC1=C(C(C)NC(=O)Nc2ccc(N3CCCC3)nc2)Cc2ccccc21. The third-order valence-corrected chi connectivity index (χ3v) is 5.59. The van der Waals surface area contributed by atoms with Crippen LogP contribution in [0.15, 0.2) is 48.2 Å². The maximum Gasteiger partial charge on any atom is 0.319 e. The van der Waals surface area contributed by atoms with Gasteiger partial charge in [0.15, 0.2) is 0 Å². The van der Waals surface area contributed by atoms with E-state index in [-0.39, 0.29) is 12.1 Å². The molecule has 1 saturated heterocycles. The summed E-state index contributed by atoms with van der Waals surface area (Å²) in [6.45, 7) is 10.3. The minimum absolute atomic E-state index is 0.0192. The predicted octanol–water partition coefficient (Wildman–Crippen LogP) is 5.25. The van der Waals surface area contributed by atoms with Gasteiger partial charge in [-0.1, -0.05) is 38.1 Å². The third kappa shape index (κ3) is 4.78. The van der Waals surface area contributed by atoms with E-state index in [1.165, 1.54) is 35.1 Å². The van der Waals surface area contributed by atoms with Gasteiger partial charge in [0.1, 0.15) is 5.82 Å². The van der Waals surface area contributed by atoms with Crippen LogP contribution in [0, 0.1) is 0 Å². The van der Waals surface area contributed by atoms with Gasteiger partial charge in [-0.05, 0) is 67.5 Å². The van der Waals surface area contributed by atoms with Gasteiger partial charge in [0.2, 0.25) is 0 Å². The van der Waals surface area contributed by atoms with Gasteiger partial charge < -0.3 is 15.5 Å². The maximum absolute atomic E-state index is 12.4. The van der Waals surface area contributed by atoms with Crippen LogP contribution in [-0.4, -0.2) is 30.1 Å². The largest absolute Gasteiger partial charge is 0.357 e. The summed E-state index contributed by atoms with van der Waals surface area (Å²) in [6.07, 6.45) is 5.08. The Morgan fingerprint density at radius 3 is 2.48 bits per heavy atom. The minimum atomic E-state index is -0.200. The number of allylic oxidation sites excluding steroid dienone is 1. The molecule has 0 radical (unpaired) electrons. The van der Waals surface area contributed by atoms with Crippen molar-refractivity contribution in [3.63, 3.8) is 0 Å². The molecule has 1 fully saturated rings. The zero-order valence-electron chi connectivity index (χ0n) is 18.0. The minimum Gasteiger partial charge on any atom is -0.357 e. The number of carbonyl (C=O) groups excluding carboxylic acids is 1. The van der Waals surface area contributed by atoms with Crippen molar-refractivity contribution in [2.45, 2.75) is 53.0 Å². The summed E-state index contributed by atoms with van der Waals surface area (Å²) in [7, 11) is 0. The van der Waals surface area contributed by atoms with E-state index in [1.807, 2.05) is 32.9 Å². The van der Waals surface area contributed by atoms with Gasteiger partial charge in [-0.25, -0.2) is 9.78 Å². The van der Waals surface area contributed by atoms with Crippen LogP contribution in [0.1, 0.15) is 51.7 Å². The van der Waals surface area contributed by atoms with Crippen molar-refractivity contribution in [1.29, 1.82) is 0 Å². The highest BCUT2D eigenvalue weighted by atomic mass is 16.2. The summed E-state index contributed by atoms with van der Waals surface area (Å²) in [5, 5.41) is 5.96. The lowest BCUT2D eigenvalue weighted by atomic mass is 10.0. The highest BCUT2D eigenvalue weighted by molar-refractivity contribution is 5.90. The molecule has 2 aliphatic rings. The fraction of sp³-hybridized carbons (Fsp3) is 0.417. The van der Waals surface area contributed by atoms with E-state index in [2.05, 4.69) is 51.7 Å². The number of amides is 2. The van der Waals surface area contributed by atoms with Crippen molar-refractivity contribution in [2.24, 2.45) is 0 Å². The summed E-state index contributed by atoms with van der Waals surface area (Å²) < 4.78 is 0. The Hall–Kier alpha value is -2.82. The number of aromatic nitrogens is 1. The van der Waals surface area contributed by atoms with Crippen LogP contribution in [0.3, 0.4) is 0 Å². The molecule has 0 saturated carbocycles. The Bertz CT molecular complexity index is 867. The summed E-state index contributed by atoms with van der Waals surface area (Å²) >= 11 is 0. The first kappa shape index (κ1) is 20.9. The van der Waals surface area contributed by atoms with Crippen LogP contribution < -0.4 is 15.5 Å². The van der Waals surface area contributed by atoms with Gasteiger partial charge in [0.25, 0.3) is 0 Å². The number of benzene rings is 1. The summed E-state index contributed by atoms with van der Waals surface area (Å²) in [5.41, 5.74) is 5.89. The van der Waals surface area contributed by atoms with Gasteiger partial charge in [-0.15, -0.1) is 0 Å². The van der Waals surface area contributed by atoms with Crippen LogP contribution in [0.2, 0.25) is 0 Å². The number of rotatable bonds is 4. The van der Waals surface area contributed by atoms with E-state index in [0.717, 1.165) is 25.3 Å². The molecule has 1 atom stereocenters. The topological polar surface area (TPSA) is 57.3 Å². The maximum atomic E-state index is 12.4. The molecule has 1 aliphatic carbocycles. The Kier molecular flexibility index (Phi) is 6.91. The first-order chi connectivity index (χ1) is 14.1. The van der Waals surface area contributed by atoms with Crippen LogP contribution in [0.4, 0.5) is 16.3 Å². The first-order valence-corrected chi connectivity index (χ1v) is 10.7. The molecule has 0 spiro atoms. The second-order valence-corrected chi connectivity index (χ2v) is 7.40. The molecule has 5 nitrogen and oxygen atoms in total. The van der Waals surface area contributed by atoms with Crippen molar-refractivity contribution in [1.82, 2.24) is 10.3 Å². The van der Waals surface area contributed by atoms with Crippen molar-refractivity contribution < 1.29 is 4.79 Å². The summed E-state index contributed by atoms with van der Waals surface area (Å²) in [6, 6.07) is 12.1. The molecule has 2 amide bonds. The average molecular weight is 393 g/mol. The molecule has 5 heteroatoms. The normalized spacial score (nSPS) is 16.1. The molecule has 0 bridgehead atoms. The lowest BCUT2D eigenvalue weighted by Crippen LogP contribution is -2.37. The van der Waals surface area contributed by atoms with Crippen LogP contribution in [0.5, 0.6) is 0 Å². The molecule has 29 heavy (non-hydrogen) atoms. The first-order valence-electron chi connectivity index (χ1n) is 10.7. The van der Waals surface area contributed by atoms with E-state index < -0.39 is 0 Å². The Morgan fingerprint density at radius 1 is 1.10 bits per heavy atom. The number of nitrogens with zero attached hydrogens (tertiary/aromatic N) is 2. The molecular formula is C24H32N4O. The van der Waals surface area contributed by atoms with Gasteiger partial charge in [-0.2, -0.15) is 0 Å². The number of pyridine rings is 1. The Morgan fingerprint density at radius 2 is 1.83 bits per heavy atom. The van der Waals surface area contributed by atoms with Crippen molar-refractivity contribution in [2.75, 3.05) is 23.3 Å². The number of hydrogen-bond acceptors (Lipinski definition) is 3. The number of fused-ring (bicyclic) bond motifs is 1. The quantitative estimate of drug-likeness (QED) is 0.747. The number of anilines is 2. The lowest BCUT2D eigenvalue weighted by molar-refractivity contribution is 0.250. The van der Waals surface area contributed by atoms with Crippen LogP contribution in [0.25, 0.3) is 5.57 Å². The van der Waals surface area contributed by atoms with Crippen LogP contribution in [-0.2, 0) is 6.42 Å². The van der Waals surface area contributed by atoms with Crippen molar-refractivity contribution in [3.05, 3.63) is 59.3 Å². The van der Waals surface area contributed by atoms with Gasteiger partial charge in [0, 0.05) is 19.1 Å². The molecular weight excluding hydrogens is 360 g/mol. The van der Waals surface area contributed by atoms with E-state index in [0.29, 0.717) is 5.69 Å². The number of carbonyl (C=O) groups is 1. The Labute approximate surface area is 174 Å². The third-order valence-electron chi connectivity index (χ3n) is 5.59. The fourth-order valence-electron chi connectivity index (χ4n) is 4.07. The zero-order chi connectivity index (χ0) is 20.8. The predicted molar refractivity (Wildman–Crippen MR) is 121 cm³/mol. The highest BCUT2D eigenvalue weighted by Gasteiger charge is 2.23. The number of hydrogen-bond donors (Lipinski definition) is 2. The molecule has 1 aromatic heterocycles. The summed E-state index contributed by atoms with van der Waals surface area (Å²) in [4.78, 5) is 19.2. The van der Waals surface area contributed by atoms with Gasteiger partial charge >= 0.3 is 6.03 Å². The number of nitrogens with one attached hydrogen (secondary N) is 2. The highest BCUT2D eigenvalue weighted by Crippen LogP contribution is 2.33. The van der Waals surface area contributed by atoms with E-state index in [1.54, 1.807) is 6.20 Å². The molecule has 1 aromatic carbocycles. The van der Waals surface area contributed by atoms with Gasteiger partial charge in [0.05, 0.1) is 11.9 Å². The average Bonchev–Trinajstić information content (AvgIpc) is 3.39. The number of urea groups is 1. The Balaban J connectivity index is 0.00000117. The van der Waals surface area contributed by atoms with Crippen LogP contribution >= 0.6 is 0 Å².